The fourth-order valence-corrected chi connectivity index (χ4v) is 2.90. The molecule has 1 aliphatic heterocycles. The van der Waals surface area contributed by atoms with Gasteiger partial charge in [0.1, 0.15) is 0 Å². The number of amides is 1. The van der Waals surface area contributed by atoms with Crippen LogP contribution >= 0.6 is 0 Å². The van der Waals surface area contributed by atoms with Gasteiger partial charge in [0.15, 0.2) is 0 Å². The molecular weight excluding hydrogens is 284 g/mol. The van der Waals surface area contributed by atoms with Crippen LogP contribution in [0.5, 0.6) is 0 Å². The lowest BCUT2D eigenvalue weighted by atomic mass is 10.1. The number of nitrogens with zero attached hydrogens (tertiary/aromatic N) is 2. The maximum atomic E-state index is 12.6. The van der Waals surface area contributed by atoms with Crippen LogP contribution in [0.4, 0.5) is 5.69 Å². The van der Waals surface area contributed by atoms with Crippen molar-refractivity contribution in [1.82, 2.24) is 4.90 Å². The van der Waals surface area contributed by atoms with Crippen molar-refractivity contribution in [3.05, 3.63) is 71.8 Å². The van der Waals surface area contributed by atoms with Crippen LogP contribution in [-0.2, 0) is 0 Å². The van der Waals surface area contributed by atoms with E-state index < -0.39 is 0 Å². The zero-order valence-corrected chi connectivity index (χ0v) is 13.5. The second-order valence-corrected chi connectivity index (χ2v) is 5.94. The smallest absolute Gasteiger partial charge is 0.253 e. The highest BCUT2D eigenvalue weighted by Crippen LogP contribution is 2.18. The number of carbonyl (C=O) groups is 1. The van der Waals surface area contributed by atoms with E-state index in [0.29, 0.717) is 0 Å². The predicted molar refractivity (Wildman–Crippen MR) is 95.8 cm³/mol. The normalized spacial score (nSPS) is 14.7. The van der Waals surface area contributed by atoms with Crippen molar-refractivity contribution in [2.24, 2.45) is 0 Å². The lowest BCUT2D eigenvalue weighted by Crippen LogP contribution is -2.48. The van der Waals surface area contributed by atoms with Crippen LogP contribution < -0.4 is 4.90 Å². The second kappa shape index (κ2) is 6.69. The lowest BCUT2D eigenvalue weighted by Gasteiger charge is -2.36. The zero-order valence-electron chi connectivity index (χ0n) is 13.5. The molecule has 3 rings (SSSR count). The summed E-state index contributed by atoms with van der Waals surface area (Å²) in [6, 6.07) is 16.2. The van der Waals surface area contributed by atoms with Gasteiger partial charge in [0.25, 0.3) is 5.91 Å². The molecule has 1 heterocycles. The number of rotatable bonds is 3. The van der Waals surface area contributed by atoms with Crippen LogP contribution in [-0.4, -0.2) is 37.0 Å². The lowest BCUT2D eigenvalue weighted by molar-refractivity contribution is 0.0747. The SMILES string of the molecule is C=Cc1cccc(C(=O)N2CCN(c3ccc(C)cc3)CC2)c1. The highest BCUT2D eigenvalue weighted by Gasteiger charge is 2.22. The van der Waals surface area contributed by atoms with Gasteiger partial charge in [-0.25, -0.2) is 0 Å². The summed E-state index contributed by atoms with van der Waals surface area (Å²) in [6.45, 7) is 9.11. The third-order valence-corrected chi connectivity index (χ3v) is 4.34. The van der Waals surface area contributed by atoms with Crippen LogP contribution in [0.15, 0.2) is 55.1 Å². The predicted octanol–water partition coefficient (Wildman–Crippen LogP) is 3.60. The highest BCUT2D eigenvalue weighted by molar-refractivity contribution is 5.95. The number of piperazine rings is 1. The summed E-state index contributed by atoms with van der Waals surface area (Å²) in [5.41, 5.74) is 4.22. The van der Waals surface area contributed by atoms with E-state index >= 15 is 0 Å². The Labute approximate surface area is 137 Å². The zero-order chi connectivity index (χ0) is 16.2. The van der Waals surface area contributed by atoms with Gasteiger partial charge in [-0.1, -0.05) is 42.5 Å². The van der Waals surface area contributed by atoms with Gasteiger partial charge in [-0.15, -0.1) is 0 Å². The largest absolute Gasteiger partial charge is 0.368 e. The van der Waals surface area contributed by atoms with Crippen LogP contribution in [0.1, 0.15) is 21.5 Å². The fraction of sp³-hybridized carbons (Fsp3) is 0.250. The van der Waals surface area contributed by atoms with Crippen molar-refractivity contribution in [2.75, 3.05) is 31.1 Å². The van der Waals surface area contributed by atoms with E-state index in [9.17, 15) is 4.79 Å². The molecular formula is C20H22N2O. The van der Waals surface area contributed by atoms with Gasteiger partial charge >= 0.3 is 0 Å². The minimum atomic E-state index is 0.109. The molecule has 3 heteroatoms. The maximum Gasteiger partial charge on any atom is 0.253 e. The molecule has 2 aromatic rings. The molecule has 2 aromatic carbocycles. The molecule has 1 aliphatic rings. The third kappa shape index (κ3) is 3.45. The first-order valence-electron chi connectivity index (χ1n) is 8.01. The summed E-state index contributed by atoms with van der Waals surface area (Å²) in [4.78, 5) is 16.9. The monoisotopic (exact) mass is 306 g/mol. The van der Waals surface area contributed by atoms with E-state index in [2.05, 4.69) is 42.7 Å². The molecule has 0 saturated carbocycles. The van der Waals surface area contributed by atoms with Crippen LogP contribution in [0.3, 0.4) is 0 Å². The molecule has 0 aliphatic carbocycles. The molecule has 0 unspecified atom stereocenters. The van der Waals surface area contributed by atoms with Crippen LogP contribution in [0, 0.1) is 6.92 Å². The fourth-order valence-electron chi connectivity index (χ4n) is 2.90. The van der Waals surface area contributed by atoms with Crippen LogP contribution in [0.2, 0.25) is 0 Å². The minimum absolute atomic E-state index is 0.109. The molecule has 23 heavy (non-hydrogen) atoms. The molecule has 0 N–H and O–H groups in total. The third-order valence-electron chi connectivity index (χ3n) is 4.34. The minimum Gasteiger partial charge on any atom is -0.368 e. The van der Waals surface area contributed by atoms with Crippen molar-refractivity contribution in [3.63, 3.8) is 0 Å². The molecule has 0 atom stereocenters. The second-order valence-electron chi connectivity index (χ2n) is 5.94. The number of anilines is 1. The van der Waals surface area contributed by atoms with E-state index in [1.807, 2.05) is 29.2 Å². The summed E-state index contributed by atoms with van der Waals surface area (Å²) in [7, 11) is 0. The van der Waals surface area contributed by atoms with Crippen molar-refractivity contribution in [3.8, 4) is 0 Å². The number of benzene rings is 2. The molecule has 1 fully saturated rings. The first-order valence-corrected chi connectivity index (χ1v) is 8.01. The maximum absolute atomic E-state index is 12.6. The Balaban J connectivity index is 1.65. The van der Waals surface area contributed by atoms with E-state index in [1.54, 1.807) is 6.08 Å². The number of aryl methyl sites for hydroxylation is 1. The summed E-state index contributed by atoms with van der Waals surface area (Å²) < 4.78 is 0. The van der Waals surface area contributed by atoms with E-state index in [1.165, 1.54) is 11.3 Å². The summed E-state index contributed by atoms with van der Waals surface area (Å²) in [5, 5.41) is 0. The molecule has 3 nitrogen and oxygen atoms in total. The van der Waals surface area contributed by atoms with Crippen molar-refractivity contribution >= 4 is 17.7 Å². The molecule has 1 saturated heterocycles. The number of hydrogen-bond donors (Lipinski definition) is 0. The molecule has 1 amide bonds. The Bertz CT molecular complexity index is 698. The number of carbonyl (C=O) groups excluding carboxylic acids is 1. The topological polar surface area (TPSA) is 23.6 Å². The molecule has 0 radical (unpaired) electrons. The number of hydrogen-bond acceptors (Lipinski definition) is 2. The Morgan fingerprint density at radius 1 is 1.04 bits per heavy atom. The van der Waals surface area contributed by atoms with Gasteiger partial charge in [0.05, 0.1) is 0 Å². The van der Waals surface area contributed by atoms with Gasteiger partial charge in [0.2, 0.25) is 0 Å². The summed E-state index contributed by atoms with van der Waals surface area (Å²) >= 11 is 0. The van der Waals surface area contributed by atoms with E-state index in [0.717, 1.165) is 37.3 Å². The van der Waals surface area contributed by atoms with Crippen molar-refractivity contribution in [2.45, 2.75) is 6.92 Å². The van der Waals surface area contributed by atoms with Gasteiger partial charge in [-0.3, -0.25) is 4.79 Å². The van der Waals surface area contributed by atoms with Crippen molar-refractivity contribution < 1.29 is 4.79 Å². The highest BCUT2D eigenvalue weighted by atomic mass is 16.2. The summed E-state index contributed by atoms with van der Waals surface area (Å²) in [6.07, 6.45) is 1.77. The van der Waals surface area contributed by atoms with Gasteiger partial charge < -0.3 is 9.80 Å². The van der Waals surface area contributed by atoms with Gasteiger partial charge in [-0.2, -0.15) is 0 Å². The molecule has 118 valence electrons. The molecule has 0 aromatic heterocycles. The van der Waals surface area contributed by atoms with Gasteiger partial charge in [-0.05, 0) is 36.8 Å². The molecule has 0 bridgehead atoms. The Hall–Kier alpha value is -2.55. The Morgan fingerprint density at radius 3 is 2.39 bits per heavy atom. The average Bonchev–Trinajstić information content (AvgIpc) is 2.62. The van der Waals surface area contributed by atoms with E-state index in [4.69, 9.17) is 0 Å². The van der Waals surface area contributed by atoms with E-state index in [-0.39, 0.29) is 5.91 Å². The molecule has 0 spiro atoms. The quantitative estimate of drug-likeness (QED) is 0.865. The first-order chi connectivity index (χ1) is 11.2. The van der Waals surface area contributed by atoms with Crippen molar-refractivity contribution in [1.29, 1.82) is 0 Å². The average molecular weight is 306 g/mol. The first kappa shape index (κ1) is 15.3. The Morgan fingerprint density at radius 2 is 1.74 bits per heavy atom. The van der Waals surface area contributed by atoms with Crippen LogP contribution in [0.25, 0.3) is 6.08 Å². The summed E-state index contributed by atoms with van der Waals surface area (Å²) in [5.74, 6) is 0.109. The Kier molecular flexibility index (Phi) is 4.47. The standard InChI is InChI=1S/C20H22N2O/c1-3-17-5-4-6-18(15-17)20(23)22-13-11-21(12-14-22)19-9-7-16(2)8-10-19/h3-10,15H,1,11-14H2,2H3. The van der Waals surface area contributed by atoms with Gasteiger partial charge in [0, 0.05) is 37.4 Å².